The number of benzene rings is 1. The number of fused-ring (bicyclic) bond motifs is 2. The van der Waals surface area contributed by atoms with Gasteiger partial charge in [0.05, 0.1) is 6.61 Å². The Morgan fingerprint density at radius 3 is 2.90 bits per heavy atom. The number of hydrogen-bond donors (Lipinski definition) is 0. The third kappa shape index (κ3) is 2.05. The highest BCUT2D eigenvalue weighted by Gasteiger charge is 2.46. The van der Waals surface area contributed by atoms with Gasteiger partial charge in [0, 0.05) is 11.8 Å². The lowest BCUT2D eigenvalue weighted by molar-refractivity contribution is -0.153. The summed E-state index contributed by atoms with van der Waals surface area (Å²) in [5.41, 5.74) is 2.68. The van der Waals surface area contributed by atoms with Gasteiger partial charge < -0.3 is 4.74 Å². The van der Waals surface area contributed by atoms with E-state index in [2.05, 4.69) is 18.2 Å². The average Bonchev–Trinajstić information content (AvgIpc) is 2.78. The fraction of sp³-hybridized carbons (Fsp3) is 0.529. The quantitative estimate of drug-likeness (QED) is 0.614. The molecule has 1 spiro atoms. The molecule has 0 aromatic heterocycles. The summed E-state index contributed by atoms with van der Waals surface area (Å²) in [4.78, 5) is 24.2. The van der Waals surface area contributed by atoms with Crippen molar-refractivity contribution in [2.45, 2.75) is 44.4 Å². The van der Waals surface area contributed by atoms with E-state index in [1.54, 1.807) is 6.92 Å². The van der Waals surface area contributed by atoms with Gasteiger partial charge in [-0.15, -0.1) is 0 Å². The highest BCUT2D eigenvalue weighted by molar-refractivity contribution is 6.00. The van der Waals surface area contributed by atoms with Crippen LogP contribution in [0, 0.1) is 5.92 Å². The molecule has 0 aliphatic heterocycles. The number of rotatable bonds is 2. The van der Waals surface area contributed by atoms with Crippen molar-refractivity contribution in [2.24, 2.45) is 5.92 Å². The van der Waals surface area contributed by atoms with Gasteiger partial charge in [-0.25, -0.2) is 0 Å². The third-order valence-electron chi connectivity index (χ3n) is 4.85. The molecule has 1 aromatic carbocycles. The number of ketones is 1. The molecule has 0 heterocycles. The SMILES string of the molecule is CCOC(=O)C1CCC2(CCc3ccccc32)CC1=O. The second kappa shape index (κ2) is 5.04. The lowest BCUT2D eigenvalue weighted by Gasteiger charge is -2.36. The van der Waals surface area contributed by atoms with Crippen LogP contribution in [-0.2, 0) is 26.2 Å². The minimum atomic E-state index is -0.534. The largest absolute Gasteiger partial charge is 0.465 e. The molecule has 1 fully saturated rings. The smallest absolute Gasteiger partial charge is 0.316 e. The van der Waals surface area contributed by atoms with Crippen molar-refractivity contribution in [1.82, 2.24) is 0 Å². The molecule has 2 aliphatic rings. The summed E-state index contributed by atoms with van der Waals surface area (Å²) in [6, 6.07) is 8.42. The minimum Gasteiger partial charge on any atom is -0.465 e. The Hall–Kier alpha value is -1.64. The van der Waals surface area contributed by atoms with Gasteiger partial charge in [-0.3, -0.25) is 9.59 Å². The fourth-order valence-corrected chi connectivity index (χ4v) is 3.83. The second-order valence-electron chi connectivity index (χ2n) is 5.92. The predicted octanol–water partition coefficient (Wildman–Crippen LogP) is 2.80. The molecule has 2 atom stereocenters. The van der Waals surface area contributed by atoms with Crippen LogP contribution in [0.2, 0.25) is 0 Å². The zero-order valence-electron chi connectivity index (χ0n) is 11.9. The molecule has 20 heavy (non-hydrogen) atoms. The Labute approximate surface area is 119 Å². The summed E-state index contributed by atoms with van der Waals surface area (Å²) < 4.78 is 5.01. The summed E-state index contributed by atoms with van der Waals surface area (Å²) in [7, 11) is 0. The van der Waals surface area contributed by atoms with Gasteiger partial charge in [0.15, 0.2) is 0 Å². The molecule has 2 unspecified atom stereocenters. The van der Waals surface area contributed by atoms with Gasteiger partial charge in [-0.2, -0.15) is 0 Å². The molecule has 0 amide bonds. The van der Waals surface area contributed by atoms with Crippen LogP contribution in [0.5, 0.6) is 0 Å². The highest BCUT2D eigenvalue weighted by Crippen LogP contribution is 2.48. The summed E-state index contributed by atoms with van der Waals surface area (Å²) >= 11 is 0. The molecule has 3 nitrogen and oxygen atoms in total. The first-order chi connectivity index (χ1) is 9.66. The predicted molar refractivity (Wildman–Crippen MR) is 75.4 cm³/mol. The number of aryl methyl sites for hydroxylation is 1. The van der Waals surface area contributed by atoms with Gasteiger partial charge >= 0.3 is 5.97 Å². The number of esters is 1. The maximum Gasteiger partial charge on any atom is 0.316 e. The van der Waals surface area contributed by atoms with Gasteiger partial charge in [0.1, 0.15) is 11.7 Å². The van der Waals surface area contributed by atoms with E-state index in [0.717, 1.165) is 19.3 Å². The van der Waals surface area contributed by atoms with Crippen LogP contribution >= 0.6 is 0 Å². The van der Waals surface area contributed by atoms with Crippen molar-refractivity contribution in [1.29, 1.82) is 0 Å². The van der Waals surface area contributed by atoms with Crippen molar-refractivity contribution < 1.29 is 14.3 Å². The van der Waals surface area contributed by atoms with E-state index in [-0.39, 0.29) is 17.2 Å². The van der Waals surface area contributed by atoms with Crippen molar-refractivity contribution in [3.8, 4) is 0 Å². The van der Waals surface area contributed by atoms with Gasteiger partial charge in [-0.1, -0.05) is 24.3 Å². The number of carbonyl (C=O) groups excluding carboxylic acids is 2. The van der Waals surface area contributed by atoms with E-state index >= 15 is 0 Å². The summed E-state index contributed by atoms with van der Waals surface area (Å²) in [6.45, 7) is 2.12. The number of ether oxygens (including phenoxy) is 1. The van der Waals surface area contributed by atoms with E-state index in [0.29, 0.717) is 19.4 Å². The molecule has 1 saturated carbocycles. The molecule has 2 aliphatic carbocycles. The van der Waals surface area contributed by atoms with E-state index in [9.17, 15) is 9.59 Å². The molecule has 3 heteroatoms. The van der Waals surface area contributed by atoms with Crippen molar-refractivity contribution in [3.05, 3.63) is 35.4 Å². The summed E-state index contributed by atoms with van der Waals surface area (Å²) in [6.07, 6.45) is 4.12. The van der Waals surface area contributed by atoms with Crippen LogP contribution in [0.3, 0.4) is 0 Å². The lowest BCUT2D eigenvalue weighted by atomic mass is 9.67. The van der Waals surface area contributed by atoms with Crippen molar-refractivity contribution in [3.63, 3.8) is 0 Å². The first-order valence-electron chi connectivity index (χ1n) is 7.44. The van der Waals surface area contributed by atoms with Crippen molar-refractivity contribution >= 4 is 11.8 Å². The maximum absolute atomic E-state index is 12.4. The van der Waals surface area contributed by atoms with Gasteiger partial charge in [0.2, 0.25) is 0 Å². The van der Waals surface area contributed by atoms with E-state index in [1.165, 1.54) is 11.1 Å². The zero-order chi connectivity index (χ0) is 14.2. The molecule has 0 saturated heterocycles. The summed E-state index contributed by atoms with van der Waals surface area (Å²) in [5.74, 6) is -0.807. The molecular weight excluding hydrogens is 252 g/mol. The van der Waals surface area contributed by atoms with Crippen LogP contribution in [-0.4, -0.2) is 18.4 Å². The fourth-order valence-electron chi connectivity index (χ4n) is 3.83. The molecule has 106 valence electrons. The van der Waals surface area contributed by atoms with Gasteiger partial charge in [0.25, 0.3) is 0 Å². The molecule has 1 aromatic rings. The third-order valence-corrected chi connectivity index (χ3v) is 4.85. The molecular formula is C17H20O3. The van der Waals surface area contributed by atoms with Crippen LogP contribution in [0.4, 0.5) is 0 Å². The Balaban J connectivity index is 1.81. The molecule has 0 bridgehead atoms. The lowest BCUT2D eigenvalue weighted by Crippen LogP contribution is -2.39. The molecule has 3 rings (SSSR count). The zero-order valence-corrected chi connectivity index (χ0v) is 11.9. The molecule has 0 radical (unpaired) electrons. The average molecular weight is 272 g/mol. The highest BCUT2D eigenvalue weighted by atomic mass is 16.5. The normalized spacial score (nSPS) is 28.4. The van der Waals surface area contributed by atoms with E-state index in [1.807, 2.05) is 6.07 Å². The number of hydrogen-bond acceptors (Lipinski definition) is 3. The number of Topliss-reactive ketones (excluding diaryl/α,β-unsaturated/α-hetero) is 1. The van der Waals surface area contributed by atoms with Crippen LogP contribution in [0.1, 0.15) is 43.7 Å². The molecule has 0 N–H and O–H groups in total. The Kier molecular flexibility index (Phi) is 3.36. The van der Waals surface area contributed by atoms with E-state index in [4.69, 9.17) is 4.74 Å². The van der Waals surface area contributed by atoms with E-state index < -0.39 is 5.92 Å². The van der Waals surface area contributed by atoms with Crippen LogP contribution < -0.4 is 0 Å². The second-order valence-corrected chi connectivity index (χ2v) is 5.92. The van der Waals surface area contributed by atoms with Gasteiger partial charge in [-0.05, 0) is 43.7 Å². The van der Waals surface area contributed by atoms with Crippen molar-refractivity contribution in [2.75, 3.05) is 6.61 Å². The Morgan fingerprint density at radius 2 is 2.15 bits per heavy atom. The minimum absolute atomic E-state index is 0.0172. The first-order valence-corrected chi connectivity index (χ1v) is 7.44. The number of carbonyl (C=O) groups is 2. The standard InChI is InChI=1S/C17H20O3/c1-2-20-16(19)13-8-10-17(11-15(13)18)9-7-12-5-3-4-6-14(12)17/h3-6,13H,2,7-11H2,1H3. The summed E-state index contributed by atoms with van der Waals surface area (Å²) in [5, 5.41) is 0. The van der Waals surface area contributed by atoms with Crippen LogP contribution in [0.25, 0.3) is 0 Å². The Morgan fingerprint density at radius 1 is 1.35 bits per heavy atom. The topological polar surface area (TPSA) is 43.4 Å². The maximum atomic E-state index is 12.4. The monoisotopic (exact) mass is 272 g/mol. The Bertz CT molecular complexity index is 549. The van der Waals surface area contributed by atoms with Crippen LogP contribution in [0.15, 0.2) is 24.3 Å². The first kappa shape index (κ1) is 13.3.